The molecule has 1 aliphatic rings. The number of hydrogen-bond donors (Lipinski definition) is 2. The minimum atomic E-state index is -0.529. The fourth-order valence-electron chi connectivity index (χ4n) is 2.26. The monoisotopic (exact) mass is 294 g/mol. The highest BCUT2D eigenvalue weighted by atomic mass is 16.6. The third-order valence-electron chi connectivity index (χ3n) is 3.52. The van der Waals surface area contributed by atoms with Crippen molar-refractivity contribution >= 4 is 11.5 Å². The van der Waals surface area contributed by atoms with Gasteiger partial charge in [-0.2, -0.15) is 0 Å². The lowest BCUT2D eigenvalue weighted by Crippen LogP contribution is -2.35. The molecule has 0 aliphatic carbocycles. The van der Waals surface area contributed by atoms with E-state index in [1.807, 2.05) is 7.05 Å². The maximum atomic E-state index is 11.2. The van der Waals surface area contributed by atoms with Crippen molar-refractivity contribution in [1.29, 1.82) is 0 Å². The third-order valence-corrected chi connectivity index (χ3v) is 3.52. The van der Waals surface area contributed by atoms with E-state index < -0.39 is 4.92 Å². The molecule has 0 saturated carbocycles. The summed E-state index contributed by atoms with van der Waals surface area (Å²) < 4.78 is 5.75. The Balaban J connectivity index is 2.21. The summed E-state index contributed by atoms with van der Waals surface area (Å²) in [6, 6.07) is 4.27. The molecule has 1 aromatic carbocycles. The van der Waals surface area contributed by atoms with Crippen molar-refractivity contribution in [3.8, 4) is 5.75 Å². The minimum Gasteiger partial charge on any atom is -0.483 e. The number of benzene rings is 1. The Bertz CT molecular complexity index is 553. The van der Waals surface area contributed by atoms with Crippen molar-refractivity contribution in [1.82, 2.24) is 4.90 Å². The number of piperidine rings is 1. The highest BCUT2D eigenvalue weighted by molar-refractivity contribution is 5.97. The number of nitrogens with two attached hydrogens (primary N) is 1. The number of rotatable bonds is 4. The molecule has 1 saturated heterocycles. The van der Waals surface area contributed by atoms with Gasteiger partial charge >= 0.3 is 5.69 Å². The van der Waals surface area contributed by atoms with Gasteiger partial charge in [-0.3, -0.25) is 10.1 Å². The third kappa shape index (κ3) is 3.60. The number of amidine groups is 1. The van der Waals surface area contributed by atoms with E-state index in [2.05, 4.69) is 10.1 Å². The van der Waals surface area contributed by atoms with E-state index in [1.165, 1.54) is 18.2 Å². The molecule has 0 amide bonds. The van der Waals surface area contributed by atoms with Gasteiger partial charge in [0.15, 0.2) is 11.6 Å². The van der Waals surface area contributed by atoms with Crippen LogP contribution in [-0.4, -0.2) is 47.1 Å². The molecule has 1 fully saturated rings. The summed E-state index contributed by atoms with van der Waals surface area (Å²) in [4.78, 5) is 12.8. The Morgan fingerprint density at radius 1 is 1.52 bits per heavy atom. The van der Waals surface area contributed by atoms with Crippen molar-refractivity contribution in [3.05, 3.63) is 33.9 Å². The van der Waals surface area contributed by atoms with Gasteiger partial charge in [0.2, 0.25) is 0 Å². The van der Waals surface area contributed by atoms with Gasteiger partial charge in [-0.25, -0.2) is 0 Å². The molecule has 8 heteroatoms. The summed E-state index contributed by atoms with van der Waals surface area (Å²) in [7, 11) is 2.03. The summed E-state index contributed by atoms with van der Waals surface area (Å²) >= 11 is 0. The normalized spacial score (nSPS) is 17.7. The molecule has 114 valence electrons. The molecule has 1 aliphatic heterocycles. The lowest BCUT2D eigenvalue weighted by Gasteiger charge is -2.29. The first-order valence-corrected chi connectivity index (χ1v) is 6.63. The Morgan fingerprint density at radius 3 is 2.76 bits per heavy atom. The molecule has 0 unspecified atom stereocenters. The Labute approximate surface area is 121 Å². The van der Waals surface area contributed by atoms with Crippen molar-refractivity contribution in [2.45, 2.75) is 18.9 Å². The molecule has 0 atom stereocenters. The molecule has 3 N–H and O–H groups in total. The first-order valence-electron chi connectivity index (χ1n) is 6.63. The number of nitrogens with zero attached hydrogens (tertiary/aromatic N) is 3. The zero-order valence-corrected chi connectivity index (χ0v) is 11.7. The molecule has 0 aromatic heterocycles. The molecule has 1 aromatic rings. The van der Waals surface area contributed by atoms with Gasteiger partial charge in [0.1, 0.15) is 6.10 Å². The number of nitro groups is 1. The van der Waals surface area contributed by atoms with Gasteiger partial charge in [-0.1, -0.05) is 5.16 Å². The van der Waals surface area contributed by atoms with Gasteiger partial charge < -0.3 is 20.6 Å². The van der Waals surface area contributed by atoms with Gasteiger partial charge in [-0.05, 0) is 32.0 Å². The lowest BCUT2D eigenvalue weighted by molar-refractivity contribution is -0.386. The predicted molar refractivity (Wildman–Crippen MR) is 76.8 cm³/mol. The van der Waals surface area contributed by atoms with Crippen LogP contribution in [0.2, 0.25) is 0 Å². The summed E-state index contributed by atoms with van der Waals surface area (Å²) in [5.41, 5.74) is 5.54. The summed E-state index contributed by atoms with van der Waals surface area (Å²) in [5, 5.41) is 22.6. The zero-order valence-electron chi connectivity index (χ0n) is 11.7. The molecular weight excluding hydrogens is 276 g/mol. The van der Waals surface area contributed by atoms with Crippen molar-refractivity contribution in [2.75, 3.05) is 20.1 Å². The first-order chi connectivity index (χ1) is 10.0. The van der Waals surface area contributed by atoms with Crippen molar-refractivity contribution in [3.63, 3.8) is 0 Å². The van der Waals surface area contributed by atoms with E-state index in [9.17, 15) is 10.1 Å². The first kappa shape index (κ1) is 15.0. The zero-order chi connectivity index (χ0) is 15.4. The van der Waals surface area contributed by atoms with Crippen molar-refractivity contribution in [2.24, 2.45) is 10.9 Å². The van der Waals surface area contributed by atoms with Gasteiger partial charge in [0, 0.05) is 24.7 Å². The molecule has 1 heterocycles. The number of ether oxygens (including phenoxy) is 1. The van der Waals surface area contributed by atoms with Crippen molar-refractivity contribution < 1.29 is 14.9 Å². The average Bonchev–Trinajstić information content (AvgIpc) is 2.49. The summed E-state index contributed by atoms with van der Waals surface area (Å²) in [6.07, 6.45) is 1.63. The topological polar surface area (TPSA) is 114 Å². The van der Waals surface area contributed by atoms with Crippen LogP contribution in [0.4, 0.5) is 5.69 Å². The van der Waals surface area contributed by atoms with Gasteiger partial charge in [-0.15, -0.1) is 0 Å². The molecule has 8 nitrogen and oxygen atoms in total. The van der Waals surface area contributed by atoms with E-state index in [0.717, 1.165) is 25.9 Å². The number of oxime groups is 1. The number of nitro benzene ring substituents is 1. The van der Waals surface area contributed by atoms with E-state index in [-0.39, 0.29) is 28.9 Å². The summed E-state index contributed by atoms with van der Waals surface area (Å²) in [6.45, 7) is 1.81. The van der Waals surface area contributed by atoms with Crippen LogP contribution in [0.15, 0.2) is 23.4 Å². The van der Waals surface area contributed by atoms with Crippen LogP contribution in [0.1, 0.15) is 18.4 Å². The standard InChI is InChI=1S/C13H18N4O4/c1-16-6-4-10(5-7-16)21-12-3-2-9(13(14)15-18)8-11(12)17(19)20/h2-3,8,10,18H,4-7H2,1H3,(H2,14,15). The fourth-order valence-corrected chi connectivity index (χ4v) is 2.26. The molecular formula is C13H18N4O4. The SMILES string of the molecule is CN1CCC(Oc2ccc(C(N)=NO)cc2[N+](=O)[O-])CC1. The van der Waals surface area contributed by atoms with Crippen LogP contribution >= 0.6 is 0 Å². The van der Waals surface area contributed by atoms with Gasteiger partial charge in [0.25, 0.3) is 0 Å². The molecule has 0 spiro atoms. The van der Waals surface area contributed by atoms with Gasteiger partial charge in [0.05, 0.1) is 4.92 Å². The second-order valence-electron chi connectivity index (χ2n) is 5.05. The predicted octanol–water partition coefficient (Wildman–Crippen LogP) is 1.16. The van der Waals surface area contributed by atoms with Crippen LogP contribution in [0, 0.1) is 10.1 Å². The number of hydrogen-bond acceptors (Lipinski definition) is 6. The lowest BCUT2D eigenvalue weighted by atomic mass is 10.1. The average molecular weight is 294 g/mol. The van der Waals surface area contributed by atoms with E-state index in [4.69, 9.17) is 15.7 Å². The number of likely N-dealkylation sites (tertiary alicyclic amines) is 1. The smallest absolute Gasteiger partial charge is 0.311 e. The van der Waals surface area contributed by atoms with Crippen LogP contribution in [0.25, 0.3) is 0 Å². The fraction of sp³-hybridized carbons (Fsp3) is 0.462. The summed E-state index contributed by atoms with van der Waals surface area (Å²) in [5.74, 6) is 0.0352. The van der Waals surface area contributed by atoms with E-state index in [0.29, 0.717) is 0 Å². The van der Waals surface area contributed by atoms with Crippen LogP contribution in [-0.2, 0) is 0 Å². The largest absolute Gasteiger partial charge is 0.483 e. The highest BCUT2D eigenvalue weighted by Crippen LogP contribution is 2.30. The molecule has 2 rings (SSSR count). The molecule has 0 radical (unpaired) electrons. The van der Waals surface area contributed by atoms with E-state index in [1.54, 1.807) is 0 Å². The second-order valence-corrected chi connectivity index (χ2v) is 5.05. The maximum Gasteiger partial charge on any atom is 0.311 e. The Morgan fingerprint density at radius 2 is 2.19 bits per heavy atom. The second kappa shape index (κ2) is 6.40. The maximum absolute atomic E-state index is 11.2. The Hall–Kier alpha value is -2.35. The molecule has 21 heavy (non-hydrogen) atoms. The molecule has 0 bridgehead atoms. The van der Waals surface area contributed by atoms with Crippen LogP contribution < -0.4 is 10.5 Å². The van der Waals surface area contributed by atoms with Crippen LogP contribution in [0.3, 0.4) is 0 Å². The minimum absolute atomic E-state index is 0.0328. The van der Waals surface area contributed by atoms with Crippen LogP contribution in [0.5, 0.6) is 5.75 Å². The van der Waals surface area contributed by atoms with E-state index >= 15 is 0 Å². The highest BCUT2D eigenvalue weighted by Gasteiger charge is 2.23. The quantitative estimate of drug-likeness (QED) is 0.283. The Kier molecular flexibility index (Phi) is 4.59.